The van der Waals surface area contributed by atoms with Crippen LogP contribution in [0, 0.1) is 12.3 Å². The van der Waals surface area contributed by atoms with Gasteiger partial charge in [-0.1, -0.05) is 31.4 Å². The number of nitrogens with one attached hydrogen (secondary N) is 1. The van der Waals surface area contributed by atoms with Gasteiger partial charge < -0.3 is 10.6 Å². The minimum absolute atomic E-state index is 0.101. The van der Waals surface area contributed by atoms with Gasteiger partial charge in [0.1, 0.15) is 0 Å². The average molecular weight is 271 g/mol. The molecule has 0 aromatic heterocycles. The lowest BCUT2D eigenvalue weighted by Gasteiger charge is -2.22. The van der Waals surface area contributed by atoms with Crippen LogP contribution < -0.4 is 16.0 Å². The fourth-order valence-corrected chi connectivity index (χ4v) is 2.85. The van der Waals surface area contributed by atoms with Crippen molar-refractivity contribution in [1.82, 2.24) is 5.32 Å². The molecule has 0 amide bonds. The number of anilines is 1. The Bertz CT molecular complexity index is 489. The van der Waals surface area contributed by atoms with Gasteiger partial charge in [-0.05, 0) is 30.0 Å². The van der Waals surface area contributed by atoms with E-state index in [4.69, 9.17) is 12.2 Å². The number of hydrogen-bond acceptors (Lipinski definition) is 3. The van der Waals surface area contributed by atoms with E-state index in [9.17, 15) is 0 Å². The molecule has 1 aromatic rings. The lowest BCUT2D eigenvalue weighted by molar-refractivity contribution is 0.475. The van der Waals surface area contributed by atoms with E-state index in [0.717, 1.165) is 25.8 Å². The molecule has 0 bridgehead atoms. The highest BCUT2D eigenvalue weighted by atomic mass is 15.1. The average Bonchev–Trinajstić information content (AvgIpc) is 2.84. The van der Waals surface area contributed by atoms with Crippen molar-refractivity contribution in [2.24, 2.45) is 5.73 Å². The van der Waals surface area contributed by atoms with E-state index in [-0.39, 0.29) is 12.1 Å². The van der Waals surface area contributed by atoms with Gasteiger partial charge in [0.25, 0.3) is 0 Å². The summed E-state index contributed by atoms with van der Waals surface area (Å²) in [7, 11) is 2.14. The molecule has 1 heterocycles. The van der Waals surface area contributed by atoms with Gasteiger partial charge in [-0.2, -0.15) is 0 Å². The zero-order valence-corrected chi connectivity index (χ0v) is 12.5. The molecule has 0 fully saturated rings. The molecule has 2 rings (SSSR count). The maximum absolute atomic E-state index is 5.93. The number of hydrogen-bond donors (Lipinski definition) is 2. The summed E-state index contributed by atoms with van der Waals surface area (Å²) in [5, 5.41) is 3.50. The van der Waals surface area contributed by atoms with Gasteiger partial charge >= 0.3 is 0 Å². The minimum atomic E-state index is 0.101. The molecule has 0 saturated carbocycles. The van der Waals surface area contributed by atoms with Gasteiger partial charge in [0.15, 0.2) is 0 Å². The molecule has 3 nitrogen and oxygen atoms in total. The predicted octanol–water partition coefficient (Wildman–Crippen LogP) is 2.07. The highest BCUT2D eigenvalue weighted by Crippen LogP contribution is 2.29. The number of fused-ring (bicyclic) bond motifs is 1. The van der Waals surface area contributed by atoms with E-state index in [1.54, 1.807) is 0 Å². The third kappa shape index (κ3) is 3.15. The van der Waals surface area contributed by atoms with Crippen LogP contribution in [0.3, 0.4) is 0 Å². The monoisotopic (exact) mass is 271 g/mol. The van der Waals surface area contributed by atoms with E-state index in [1.165, 1.54) is 16.8 Å². The molecule has 1 aliphatic rings. The number of terminal acetylenes is 1. The van der Waals surface area contributed by atoms with Crippen LogP contribution in [0.4, 0.5) is 5.69 Å². The molecule has 0 saturated heterocycles. The Kier molecular flexibility index (Phi) is 5.05. The molecule has 0 aliphatic carbocycles. The molecule has 1 aromatic carbocycles. The normalized spacial score (nSPS) is 16.6. The third-order valence-corrected chi connectivity index (χ3v) is 4.05. The Labute approximate surface area is 122 Å². The summed E-state index contributed by atoms with van der Waals surface area (Å²) in [5.41, 5.74) is 9.94. The molecule has 2 atom stereocenters. The minimum Gasteiger partial charge on any atom is -0.374 e. The van der Waals surface area contributed by atoms with Crippen LogP contribution in [0.5, 0.6) is 0 Å². The first kappa shape index (κ1) is 14.9. The number of nitrogens with two attached hydrogens (primary N) is 1. The molecule has 0 radical (unpaired) electrons. The smallest absolute Gasteiger partial charge is 0.0692 e. The van der Waals surface area contributed by atoms with Crippen molar-refractivity contribution >= 4 is 5.69 Å². The summed E-state index contributed by atoms with van der Waals surface area (Å²) in [6, 6.07) is 6.89. The van der Waals surface area contributed by atoms with Crippen molar-refractivity contribution in [3.05, 3.63) is 29.3 Å². The molecule has 20 heavy (non-hydrogen) atoms. The molecule has 2 unspecified atom stereocenters. The largest absolute Gasteiger partial charge is 0.374 e. The van der Waals surface area contributed by atoms with Gasteiger partial charge in [0.2, 0.25) is 0 Å². The summed E-state index contributed by atoms with van der Waals surface area (Å²) in [6.07, 6.45) is 8.77. The van der Waals surface area contributed by atoms with Crippen molar-refractivity contribution in [3.8, 4) is 12.3 Å². The molecule has 1 aliphatic heterocycles. The van der Waals surface area contributed by atoms with Gasteiger partial charge in [-0.3, -0.25) is 5.32 Å². The standard InChI is InChI=1S/C17H25N3/c1-4-6-15(5-2)19-16(12-18)13-7-8-17-14(11-13)9-10-20(17)3/h2,7-8,11,15-16,19H,4,6,9-10,12,18H2,1,3H3. The van der Waals surface area contributed by atoms with Crippen molar-refractivity contribution in [2.75, 3.05) is 25.0 Å². The van der Waals surface area contributed by atoms with Crippen molar-refractivity contribution in [3.63, 3.8) is 0 Å². The summed E-state index contributed by atoms with van der Waals surface area (Å²) >= 11 is 0. The van der Waals surface area contributed by atoms with Gasteiger partial charge in [0.05, 0.1) is 6.04 Å². The Morgan fingerprint density at radius 2 is 2.30 bits per heavy atom. The topological polar surface area (TPSA) is 41.3 Å². The van der Waals surface area contributed by atoms with Gasteiger partial charge in [-0.25, -0.2) is 0 Å². The fourth-order valence-electron chi connectivity index (χ4n) is 2.85. The second kappa shape index (κ2) is 6.78. The van der Waals surface area contributed by atoms with Crippen LogP contribution in [-0.2, 0) is 6.42 Å². The van der Waals surface area contributed by atoms with Crippen LogP contribution in [0.25, 0.3) is 0 Å². The van der Waals surface area contributed by atoms with Crippen LogP contribution in [0.1, 0.15) is 36.9 Å². The van der Waals surface area contributed by atoms with Crippen LogP contribution in [0.15, 0.2) is 18.2 Å². The van der Waals surface area contributed by atoms with E-state index in [2.05, 4.69) is 48.3 Å². The van der Waals surface area contributed by atoms with Crippen molar-refractivity contribution < 1.29 is 0 Å². The maximum atomic E-state index is 5.93. The molecular formula is C17H25N3. The highest BCUT2D eigenvalue weighted by Gasteiger charge is 2.19. The molecule has 0 spiro atoms. The number of rotatable bonds is 6. The van der Waals surface area contributed by atoms with E-state index in [0.29, 0.717) is 6.54 Å². The summed E-state index contributed by atoms with van der Waals surface area (Å²) in [5.74, 6) is 2.82. The summed E-state index contributed by atoms with van der Waals surface area (Å²) in [6.45, 7) is 3.81. The van der Waals surface area contributed by atoms with Crippen molar-refractivity contribution in [1.29, 1.82) is 0 Å². The van der Waals surface area contributed by atoms with Crippen LogP contribution >= 0.6 is 0 Å². The Morgan fingerprint density at radius 3 is 2.95 bits per heavy atom. The molecule has 3 heteroatoms. The van der Waals surface area contributed by atoms with Gasteiger partial charge in [0, 0.05) is 31.9 Å². The van der Waals surface area contributed by atoms with Crippen LogP contribution in [0.2, 0.25) is 0 Å². The Balaban J connectivity index is 2.14. The zero-order valence-electron chi connectivity index (χ0n) is 12.5. The zero-order chi connectivity index (χ0) is 14.5. The first-order valence-electron chi connectivity index (χ1n) is 7.45. The molecular weight excluding hydrogens is 246 g/mol. The summed E-state index contributed by atoms with van der Waals surface area (Å²) < 4.78 is 0. The summed E-state index contributed by atoms with van der Waals surface area (Å²) in [4.78, 5) is 2.30. The first-order valence-corrected chi connectivity index (χ1v) is 7.45. The fraction of sp³-hybridized carbons (Fsp3) is 0.529. The lowest BCUT2D eigenvalue weighted by atomic mass is 10.0. The van der Waals surface area contributed by atoms with E-state index >= 15 is 0 Å². The number of likely N-dealkylation sites (N-methyl/N-ethyl adjacent to an activating group) is 1. The SMILES string of the molecule is C#CC(CCC)NC(CN)c1ccc2c(c1)CCN2C. The molecule has 3 N–H and O–H groups in total. The predicted molar refractivity (Wildman–Crippen MR) is 85.9 cm³/mol. The Hall–Kier alpha value is -1.50. The number of nitrogens with zero attached hydrogens (tertiary/aromatic N) is 1. The first-order chi connectivity index (χ1) is 9.69. The second-order valence-corrected chi connectivity index (χ2v) is 5.52. The highest BCUT2D eigenvalue weighted by molar-refractivity contribution is 5.58. The quantitative estimate of drug-likeness (QED) is 0.778. The maximum Gasteiger partial charge on any atom is 0.0692 e. The third-order valence-electron chi connectivity index (χ3n) is 4.05. The second-order valence-electron chi connectivity index (χ2n) is 5.52. The molecule has 108 valence electrons. The number of benzene rings is 1. The van der Waals surface area contributed by atoms with Crippen LogP contribution in [-0.4, -0.2) is 26.2 Å². The van der Waals surface area contributed by atoms with Crippen molar-refractivity contribution in [2.45, 2.75) is 38.3 Å². The van der Waals surface area contributed by atoms with E-state index in [1.807, 2.05) is 0 Å². The lowest BCUT2D eigenvalue weighted by Crippen LogP contribution is -2.35. The van der Waals surface area contributed by atoms with E-state index < -0.39 is 0 Å². The van der Waals surface area contributed by atoms with Gasteiger partial charge in [-0.15, -0.1) is 6.42 Å². The Morgan fingerprint density at radius 1 is 1.50 bits per heavy atom.